The van der Waals surface area contributed by atoms with E-state index in [0.29, 0.717) is 12.8 Å². The van der Waals surface area contributed by atoms with Gasteiger partial charge in [0.05, 0.1) is 11.2 Å². The number of carboxylic acid groups (broad SMARTS) is 1. The Kier molecular flexibility index (Phi) is 4.34. The Morgan fingerprint density at radius 3 is 2.65 bits per heavy atom. The summed E-state index contributed by atoms with van der Waals surface area (Å²) in [7, 11) is 0. The van der Waals surface area contributed by atoms with Gasteiger partial charge in [0.15, 0.2) is 0 Å². The Morgan fingerprint density at radius 1 is 1.30 bits per heavy atom. The normalized spacial score (nSPS) is 17.4. The second-order valence-corrected chi connectivity index (χ2v) is 5.17. The van der Waals surface area contributed by atoms with Crippen LogP contribution in [0.4, 0.5) is 0 Å². The molecular weight excluding hydrogens is 260 g/mol. The molecule has 0 saturated heterocycles. The highest BCUT2D eigenvalue weighted by Crippen LogP contribution is 2.27. The number of rotatable bonds is 4. The van der Waals surface area contributed by atoms with E-state index in [4.69, 9.17) is 5.11 Å². The summed E-state index contributed by atoms with van der Waals surface area (Å²) in [6.07, 6.45) is 5.66. The first kappa shape index (κ1) is 14.5. The van der Waals surface area contributed by atoms with Crippen molar-refractivity contribution in [1.82, 2.24) is 10.3 Å². The zero-order chi connectivity index (χ0) is 14.6. The number of aromatic carboxylic acids is 1. The van der Waals surface area contributed by atoms with Gasteiger partial charge in [0.2, 0.25) is 0 Å². The lowest BCUT2D eigenvalue weighted by Crippen LogP contribution is -2.44. The first-order chi connectivity index (χ1) is 9.52. The van der Waals surface area contributed by atoms with Gasteiger partial charge in [-0.1, -0.05) is 19.3 Å². The van der Waals surface area contributed by atoms with E-state index in [1.54, 1.807) is 0 Å². The van der Waals surface area contributed by atoms with E-state index < -0.39 is 17.5 Å². The van der Waals surface area contributed by atoms with Gasteiger partial charge in [0, 0.05) is 12.7 Å². The summed E-state index contributed by atoms with van der Waals surface area (Å²) in [5, 5.41) is 21.9. The lowest BCUT2D eigenvalue weighted by atomic mass is 9.85. The molecule has 0 aromatic carbocycles. The number of amides is 1. The van der Waals surface area contributed by atoms with Gasteiger partial charge in [-0.3, -0.25) is 9.78 Å². The molecule has 1 aromatic heterocycles. The van der Waals surface area contributed by atoms with Crippen molar-refractivity contribution >= 4 is 11.9 Å². The monoisotopic (exact) mass is 278 g/mol. The molecule has 0 radical (unpaired) electrons. The Hall–Kier alpha value is -1.95. The molecule has 2 rings (SSSR count). The summed E-state index contributed by atoms with van der Waals surface area (Å²) in [5.41, 5.74) is -1.15. The van der Waals surface area contributed by atoms with Crippen LogP contribution in [0.1, 0.15) is 53.0 Å². The zero-order valence-corrected chi connectivity index (χ0v) is 11.1. The maximum absolute atomic E-state index is 12.0. The Bertz CT molecular complexity index is 510. The summed E-state index contributed by atoms with van der Waals surface area (Å²) < 4.78 is 0. The van der Waals surface area contributed by atoms with Gasteiger partial charge in [0.1, 0.15) is 5.69 Å². The molecule has 1 fully saturated rings. The Labute approximate surface area is 116 Å². The van der Waals surface area contributed by atoms with Crippen molar-refractivity contribution in [2.75, 3.05) is 6.54 Å². The molecule has 6 heteroatoms. The average Bonchev–Trinajstić information content (AvgIpc) is 2.45. The fourth-order valence-corrected chi connectivity index (χ4v) is 2.47. The number of nitrogens with one attached hydrogen (secondary N) is 1. The van der Waals surface area contributed by atoms with Crippen molar-refractivity contribution in [3.63, 3.8) is 0 Å². The largest absolute Gasteiger partial charge is 0.478 e. The number of aromatic nitrogens is 1. The van der Waals surface area contributed by atoms with Gasteiger partial charge >= 0.3 is 5.97 Å². The molecule has 0 aliphatic heterocycles. The van der Waals surface area contributed by atoms with Crippen LogP contribution in [0, 0.1) is 0 Å². The fraction of sp³-hybridized carbons (Fsp3) is 0.500. The standard InChI is InChI=1S/C14H18N2O4/c17-12(11-10(13(18)19)5-4-8-15-11)16-9-14(20)6-2-1-3-7-14/h4-5,8,20H,1-3,6-7,9H2,(H,16,17)(H,18,19). The van der Waals surface area contributed by atoms with Crippen molar-refractivity contribution < 1.29 is 19.8 Å². The summed E-state index contributed by atoms with van der Waals surface area (Å²) in [6, 6.07) is 2.80. The van der Waals surface area contributed by atoms with E-state index in [1.165, 1.54) is 18.3 Å². The molecule has 108 valence electrons. The zero-order valence-electron chi connectivity index (χ0n) is 11.1. The van der Waals surface area contributed by atoms with Gasteiger partial charge in [-0.25, -0.2) is 4.79 Å². The smallest absolute Gasteiger partial charge is 0.338 e. The van der Waals surface area contributed by atoms with Crippen LogP contribution in [0.3, 0.4) is 0 Å². The number of hydrogen-bond donors (Lipinski definition) is 3. The lowest BCUT2D eigenvalue weighted by molar-refractivity contribution is 0.00520. The summed E-state index contributed by atoms with van der Waals surface area (Å²) in [5.74, 6) is -1.76. The van der Waals surface area contributed by atoms with Crippen molar-refractivity contribution in [3.05, 3.63) is 29.6 Å². The molecule has 20 heavy (non-hydrogen) atoms. The van der Waals surface area contributed by atoms with Crippen LogP contribution in [0.2, 0.25) is 0 Å². The topological polar surface area (TPSA) is 99.5 Å². The van der Waals surface area contributed by atoms with Crippen LogP contribution in [0.5, 0.6) is 0 Å². The van der Waals surface area contributed by atoms with E-state index in [9.17, 15) is 14.7 Å². The second-order valence-electron chi connectivity index (χ2n) is 5.17. The molecule has 0 spiro atoms. The molecule has 0 atom stereocenters. The van der Waals surface area contributed by atoms with E-state index in [1.807, 2.05) is 0 Å². The molecule has 0 unspecified atom stereocenters. The molecule has 1 aliphatic carbocycles. The maximum Gasteiger partial charge on any atom is 0.338 e. The van der Waals surface area contributed by atoms with Crippen molar-refractivity contribution in [1.29, 1.82) is 0 Å². The highest BCUT2D eigenvalue weighted by molar-refractivity contribution is 6.03. The summed E-state index contributed by atoms with van der Waals surface area (Å²) >= 11 is 0. The maximum atomic E-state index is 12.0. The molecule has 1 heterocycles. The summed E-state index contributed by atoms with van der Waals surface area (Å²) in [6.45, 7) is 0.126. The lowest BCUT2D eigenvalue weighted by Gasteiger charge is -2.32. The third-order valence-corrected chi connectivity index (χ3v) is 3.62. The van der Waals surface area contributed by atoms with Gasteiger partial charge in [-0.05, 0) is 25.0 Å². The van der Waals surface area contributed by atoms with Crippen LogP contribution in [0.25, 0.3) is 0 Å². The van der Waals surface area contributed by atoms with E-state index in [0.717, 1.165) is 19.3 Å². The molecule has 1 amide bonds. The van der Waals surface area contributed by atoms with E-state index in [-0.39, 0.29) is 17.8 Å². The number of carbonyl (C=O) groups is 2. The van der Waals surface area contributed by atoms with Crippen LogP contribution in [-0.2, 0) is 0 Å². The number of carbonyl (C=O) groups excluding carboxylic acids is 1. The van der Waals surface area contributed by atoms with Crippen LogP contribution >= 0.6 is 0 Å². The van der Waals surface area contributed by atoms with Gasteiger partial charge in [-0.2, -0.15) is 0 Å². The minimum Gasteiger partial charge on any atom is -0.478 e. The number of pyridine rings is 1. The number of aliphatic hydroxyl groups is 1. The van der Waals surface area contributed by atoms with Gasteiger partial charge < -0.3 is 15.5 Å². The number of nitrogens with zero attached hydrogens (tertiary/aromatic N) is 1. The van der Waals surface area contributed by atoms with Crippen molar-refractivity contribution in [2.45, 2.75) is 37.7 Å². The highest BCUT2D eigenvalue weighted by atomic mass is 16.4. The number of hydrogen-bond acceptors (Lipinski definition) is 4. The van der Waals surface area contributed by atoms with E-state index >= 15 is 0 Å². The van der Waals surface area contributed by atoms with Crippen LogP contribution in [0.15, 0.2) is 18.3 Å². The minimum atomic E-state index is -1.19. The predicted octanol–water partition coefficient (Wildman–Crippen LogP) is 1.20. The number of carboxylic acids is 1. The van der Waals surface area contributed by atoms with Crippen LogP contribution < -0.4 is 5.32 Å². The van der Waals surface area contributed by atoms with Crippen LogP contribution in [-0.4, -0.2) is 39.2 Å². The Balaban J connectivity index is 2.03. The van der Waals surface area contributed by atoms with Crippen molar-refractivity contribution in [2.24, 2.45) is 0 Å². The first-order valence-corrected chi connectivity index (χ1v) is 6.71. The first-order valence-electron chi connectivity index (χ1n) is 6.71. The van der Waals surface area contributed by atoms with Gasteiger partial charge in [-0.15, -0.1) is 0 Å². The SMILES string of the molecule is O=C(O)c1cccnc1C(=O)NCC1(O)CCCCC1. The second kappa shape index (κ2) is 6.00. The minimum absolute atomic E-state index is 0.126. The van der Waals surface area contributed by atoms with Crippen molar-refractivity contribution in [3.8, 4) is 0 Å². The van der Waals surface area contributed by atoms with Gasteiger partial charge in [0.25, 0.3) is 5.91 Å². The molecule has 6 nitrogen and oxygen atoms in total. The average molecular weight is 278 g/mol. The molecular formula is C14H18N2O4. The molecule has 1 saturated carbocycles. The summed E-state index contributed by atoms with van der Waals surface area (Å²) in [4.78, 5) is 26.8. The third kappa shape index (κ3) is 3.33. The molecule has 0 bridgehead atoms. The third-order valence-electron chi connectivity index (χ3n) is 3.62. The molecule has 3 N–H and O–H groups in total. The Morgan fingerprint density at radius 2 is 2.00 bits per heavy atom. The quantitative estimate of drug-likeness (QED) is 0.768. The van der Waals surface area contributed by atoms with E-state index in [2.05, 4.69) is 10.3 Å². The molecule has 1 aromatic rings. The highest BCUT2D eigenvalue weighted by Gasteiger charge is 2.30. The predicted molar refractivity (Wildman–Crippen MR) is 71.6 cm³/mol. The molecule has 1 aliphatic rings. The fourth-order valence-electron chi connectivity index (χ4n) is 2.47.